The number of anilines is 1. The predicted octanol–water partition coefficient (Wildman–Crippen LogP) is 0.472. The fraction of sp³-hybridized carbons (Fsp3) is 0.417. The van der Waals surface area contributed by atoms with E-state index in [-0.39, 0.29) is 12.0 Å². The van der Waals surface area contributed by atoms with Crippen molar-refractivity contribution in [2.45, 2.75) is 19.1 Å². The van der Waals surface area contributed by atoms with E-state index >= 15 is 0 Å². The Labute approximate surface area is 109 Å². The minimum absolute atomic E-state index is 0.241. The molecule has 1 fully saturated rings. The molecule has 1 N–H and O–H groups in total. The van der Waals surface area contributed by atoms with Gasteiger partial charge in [0.15, 0.2) is 11.8 Å². The lowest BCUT2D eigenvalue weighted by Gasteiger charge is -2.28. The summed E-state index contributed by atoms with van der Waals surface area (Å²) in [7, 11) is 0. The van der Waals surface area contributed by atoms with Gasteiger partial charge < -0.3 is 14.8 Å². The molecule has 19 heavy (non-hydrogen) atoms. The van der Waals surface area contributed by atoms with Crippen molar-refractivity contribution in [3.63, 3.8) is 0 Å². The van der Waals surface area contributed by atoms with Crippen molar-refractivity contribution in [1.29, 1.82) is 0 Å². The van der Waals surface area contributed by atoms with Gasteiger partial charge in [0, 0.05) is 12.3 Å². The smallest absolute Gasteiger partial charge is 0.257 e. The Balaban J connectivity index is 1.80. The molecular weight excluding hydrogens is 248 g/mol. The second-order valence-corrected chi connectivity index (χ2v) is 4.29. The van der Waals surface area contributed by atoms with Crippen LogP contribution in [0.5, 0.6) is 0 Å². The molecule has 100 valence electrons. The molecule has 0 spiro atoms. The average molecular weight is 262 g/mol. The first-order valence-electron chi connectivity index (χ1n) is 6.08. The number of carbonyl (C=O) groups excluding carboxylic acids is 1. The zero-order valence-electron chi connectivity index (χ0n) is 10.4. The number of aromatic nitrogens is 3. The molecule has 2 aromatic heterocycles. The molecule has 0 radical (unpaired) electrons. The van der Waals surface area contributed by atoms with E-state index in [2.05, 4.69) is 15.4 Å². The van der Waals surface area contributed by atoms with E-state index < -0.39 is 6.10 Å². The molecule has 0 aromatic carbocycles. The normalized spacial score (nSPS) is 23.4. The Bertz CT molecular complexity index is 597. The van der Waals surface area contributed by atoms with Crippen LogP contribution in [0.1, 0.15) is 6.92 Å². The summed E-state index contributed by atoms with van der Waals surface area (Å²) in [5, 5.41) is 6.89. The number of fused-ring (bicyclic) bond motifs is 1. The molecule has 2 atom stereocenters. The van der Waals surface area contributed by atoms with Crippen LogP contribution in [0, 0.1) is 0 Å². The van der Waals surface area contributed by atoms with E-state index in [1.807, 2.05) is 6.92 Å². The molecular formula is C12H14N4O3. The van der Waals surface area contributed by atoms with Gasteiger partial charge in [-0.05, 0) is 13.0 Å². The van der Waals surface area contributed by atoms with E-state index in [1.54, 1.807) is 29.0 Å². The van der Waals surface area contributed by atoms with Crippen molar-refractivity contribution in [3.8, 4) is 0 Å². The third-order valence-corrected chi connectivity index (χ3v) is 2.99. The van der Waals surface area contributed by atoms with Crippen molar-refractivity contribution < 1.29 is 14.3 Å². The first-order chi connectivity index (χ1) is 9.25. The highest BCUT2D eigenvalue weighted by Gasteiger charge is 2.30. The molecule has 1 amide bonds. The average Bonchev–Trinajstić information content (AvgIpc) is 2.88. The Morgan fingerprint density at radius 2 is 2.21 bits per heavy atom. The number of ether oxygens (including phenoxy) is 2. The summed E-state index contributed by atoms with van der Waals surface area (Å²) in [6, 6.07) is 3.45. The SMILES string of the molecule is C[C@@H]1OCCO[C@@H]1C(=O)Nc1ccnc2ccnn12. The lowest BCUT2D eigenvalue weighted by molar-refractivity contribution is -0.157. The second-order valence-electron chi connectivity index (χ2n) is 4.29. The van der Waals surface area contributed by atoms with Gasteiger partial charge in [0.05, 0.1) is 25.5 Å². The van der Waals surface area contributed by atoms with Gasteiger partial charge in [0.2, 0.25) is 0 Å². The van der Waals surface area contributed by atoms with Crippen LogP contribution in [-0.4, -0.2) is 45.9 Å². The quantitative estimate of drug-likeness (QED) is 0.851. The van der Waals surface area contributed by atoms with Crippen molar-refractivity contribution in [2.24, 2.45) is 0 Å². The first-order valence-corrected chi connectivity index (χ1v) is 6.08. The highest BCUT2D eigenvalue weighted by Crippen LogP contribution is 2.14. The predicted molar refractivity (Wildman–Crippen MR) is 66.8 cm³/mol. The largest absolute Gasteiger partial charge is 0.373 e. The highest BCUT2D eigenvalue weighted by molar-refractivity contribution is 5.94. The second kappa shape index (κ2) is 4.94. The third kappa shape index (κ3) is 2.29. The fourth-order valence-electron chi connectivity index (χ4n) is 2.05. The van der Waals surface area contributed by atoms with Gasteiger partial charge in [0.25, 0.3) is 5.91 Å². The summed E-state index contributed by atoms with van der Waals surface area (Å²) >= 11 is 0. The van der Waals surface area contributed by atoms with Crippen molar-refractivity contribution in [1.82, 2.24) is 14.6 Å². The number of hydrogen-bond donors (Lipinski definition) is 1. The highest BCUT2D eigenvalue weighted by atomic mass is 16.6. The fourth-order valence-corrected chi connectivity index (χ4v) is 2.05. The molecule has 7 heteroatoms. The molecule has 3 heterocycles. The van der Waals surface area contributed by atoms with Gasteiger partial charge in [-0.1, -0.05) is 0 Å². The molecule has 7 nitrogen and oxygen atoms in total. The Kier molecular flexibility index (Phi) is 3.14. The molecule has 0 saturated carbocycles. The van der Waals surface area contributed by atoms with Crippen LogP contribution in [0.2, 0.25) is 0 Å². The third-order valence-electron chi connectivity index (χ3n) is 2.99. The molecule has 3 rings (SSSR count). The van der Waals surface area contributed by atoms with Gasteiger partial charge in [-0.3, -0.25) is 4.79 Å². The van der Waals surface area contributed by atoms with Crippen LogP contribution in [0.25, 0.3) is 5.65 Å². The summed E-state index contributed by atoms with van der Waals surface area (Å²) < 4.78 is 12.4. The summed E-state index contributed by atoms with van der Waals surface area (Å²) in [5.74, 6) is 0.316. The molecule has 2 aromatic rings. The minimum Gasteiger partial charge on any atom is -0.373 e. The van der Waals surface area contributed by atoms with Crippen LogP contribution in [-0.2, 0) is 14.3 Å². The van der Waals surface area contributed by atoms with E-state index in [0.717, 1.165) is 0 Å². The van der Waals surface area contributed by atoms with Gasteiger partial charge in [-0.2, -0.15) is 9.61 Å². The molecule has 0 bridgehead atoms. The van der Waals surface area contributed by atoms with Gasteiger partial charge >= 0.3 is 0 Å². The lowest BCUT2D eigenvalue weighted by Crippen LogP contribution is -2.45. The maximum absolute atomic E-state index is 12.2. The number of nitrogens with zero attached hydrogens (tertiary/aromatic N) is 3. The Morgan fingerprint density at radius 3 is 3.05 bits per heavy atom. The minimum atomic E-state index is -0.604. The molecule has 0 aliphatic carbocycles. The summed E-state index contributed by atoms with van der Waals surface area (Å²) in [5.41, 5.74) is 0.673. The number of carbonyl (C=O) groups is 1. The zero-order valence-corrected chi connectivity index (χ0v) is 10.4. The maximum Gasteiger partial charge on any atom is 0.257 e. The van der Waals surface area contributed by atoms with E-state index in [4.69, 9.17) is 9.47 Å². The number of hydrogen-bond acceptors (Lipinski definition) is 5. The van der Waals surface area contributed by atoms with Crippen LogP contribution in [0.4, 0.5) is 5.82 Å². The Morgan fingerprint density at radius 1 is 1.37 bits per heavy atom. The maximum atomic E-state index is 12.2. The topological polar surface area (TPSA) is 77.8 Å². The monoisotopic (exact) mass is 262 g/mol. The summed E-state index contributed by atoms with van der Waals surface area (Å²) in [6.07, 6.45) is 2.38. The van der Waals surface area contributed by atoms with Gasteiger partial charge in [0.1, 0.15) is 5.82 Å². The van der Waals surface area contributed by atoms with Crippen LogP contribution in [0.3, 0.4) is 0 Å². The van der Waals surface area contributed by atoms with E-state index in [9.17, 15) is 4.79 Å². The standard InChI is InChI=1S/C12H14N4O3/c1-8-11(19-7-6-18-8)12(17)15-10-2-4-13-9-3-5-14-16(9)10/h2-5,8,11H,6-7H2,1H3,(H,15,17)/t8-,11-/m0/s1. The van der Waals surface area contributed by atoms with Crippen molar-refractivity contribution >= 4 is 17.4 Å². The number of rotatable bonds is 2. The molecule has 0 unspecified atom stereocenters. The van der Waals surface area contributed by atoms with Gasteiger partial charge in [-0.25, -0.2) is 4.98 Å². The molecule has 1 saturated heterocycles. The van der Waals surface area contributed by atoms with Crippen LogP contribution < -0.4 is 5.32 Å². The summed E-state index contributed by atoms with van der Waals surface area (Å²) in [6.45, 7) is 2.76. The van der Waals surface area contributed by atoms with Crippen molar-refractivity contribution in [3.05, 3.63) is 24.5 Å². The first kappa shape index (κ1) is 12.1. The van der Waals surface area contributed by atoms with Crippen LogP contribution >= 0.6 is 0 Å². The number of amides is 1. The number of nitrogens with one attached hydrogen (secondary N) is 1. The zero-order chi connectivity index (χ0) is 13.2. The van der Waals surface area contributed by atoms with E-state index in [1.165, 1.54) is 0 Å². The van der Waals surface area contributed by atoms with Crippen LogP contribution in [0.15, 0.2) is 24.5 Å². The van der Waals surface area contributed by atoms with E-state index in [0.29, 0.717) is 24.7 Å². The summed E-state index contributed by atoms with van der Waals surface area (Å²) in [4.78, 5) is 16.3. The van der Waals surface area contributed by atoms with Gasteiger partial charge in [-0.15, -0.1) is 0 Å². The Hall–Kier alpha value is -1.99. The molecule has 1 aliphatic rings. The molecule has 1 aliphatic heterocycles. The lowest BCUT2D eigenvalue weighted by atomic mass is 10.2. The van der Waals surface area contributed by atoms with Crippen molar-refractivity contribution in [2.75, 3.05) is 18.5 Å².